The molecule has 0 radical (unpaired) electrons. The zero-order valence-corrected chi connectivity index (χ0v) is 9.36. The van der Waals surface area contributed by atoms with E-state index in [1.54, 1.807) is 13.8 Å². The summed E-state index contributed by atoms with van der Waals surface area (Å²) in [5, 5.41) is 0. The maximum absolute atomic E-state index is 13.3. The Balaban J connectivity index is 2.34. The SMILES string of the molecule is CC(C)(F)CN1CCC(C)(C)CC1. The third-order valence-electron chi connectivity index (χ3n) is 2.81. The van der Waals surface area contributed by atoms with Crippen LogP contribution in [0.1, 0.15) is 40.5 Å². The maximum Gasteiger partial charge on any atom is 0.118 e. The Hall–Kier alpha value is -0.110. The smallest absolute Gasteiger partial charge is 0.118 e. The average molecular weight is 187 g/mol. The molecule has 1 aliphatic heterocycles. The normalized spacial score (nSPS) is 24.7. The Bertz CT molecular complexity index is 159. The molecule has 0 unspecified atom stereocenters. The van der Waals surface area contributed by atoms with Crippen molar-refractivity contribution in [3.8, 4) is 0 Å². The molecule has 2 heteroatoms. The molecule has 0 amide bonds. The number of rotatable bonds is 2. The first-order valence-corrected chi connectivity index (χ1v) is 5.20. The molecule has 13 heavy (non-hydrogen) atoms. The van der Waals surface area contributed by atoms with Crippen molar-refractivity contribution >= 4 is 0 Å². The van der Waals surface area contributed by atoms with E-state index in [0.717, 1.165) is 13.1 Å². The van der Waals surface area contributed by atoms with Crippen LogP contribution >= 0.6 is 0 Å². The number of likely N-dealkylation sites (tertiary alicyclic amines) is 1. The quantitative estimate of drug-likeness (QED) is 0.642. The van der Waals surface area contributed by atoms with Gasteiger partial charge in [-0.25, -0.2) is 4.39 Å². The molecule has 0 N–H and O–H groups in total. The molecular weight excluding hydrogens is 165 g/mol. The van der Waals surface area contributed by atoms with Crippen LogP contribution in [0.5, 0.6) is 0 Å². The van der Waals surface area contributed by atoms with Gasteiger partial charge in [-0.3, -0.25) is 0 Å². The molecule has 0 aromatic rings. The second-order valence-corrected chi connectivity index (χ2v) is 5.66. The minimum absolute atomic E-state index is 0.469. The molecule has 0 aliphatic carbocycles. The Kier molecular flexibility index (Phi) is 3.01. The van der Waals surface area contributed by atoms with Gasteiger partial charge in [0.1, 0.15) is 5.67 Å². The van der Waals surface area contributed by atoms with Crippen LogP contribution in [-0.2, 0) is 0 Å². The maximum atomic E-state index is 13.3. The predicted molar refractivity (Wildman–Crippen MR) is 54.6 cm³/mol. The molecule has 0 aromatic carbocycles. The van der Waals surface area contributed by atoms with Crippen molar-refractivity contribution < 1.29 is 4.39 Å². The molecular formula is C11H22FN. The number of hydrogen-bond acceptors (Lipinski definition) is 1. The minimum atomic E-state index is -1.04. The molecule has 0 atom stereocenters. The van der Waals surface area contributed by atoms with Gasteiger partial charge in [0, 0.05) is 6.54 Å². The lowest BCUT2D eigenvalue weighted by molar-refractivity contribution is 0.0736. The van der Waals surface area contributed by atoms with Crippen LogP contribution in [0.15, 0.2) is 0 Å². The summed E-state index contributed by atoms with van der Waals surface area (Å²) in [5.41, 5.74) is -0.571. The fourth-order valence-corrected chi connectivity index (χ4v) is 1.85. The predicted octanol–water partition coefficient (Wildman–Crippen LogP) is 2.86. The van der Waals surface area contributed by atoms with E-state index < -0.39 is 5.67 Å². The van der Waals surface area contributed by atoms with Crippen molar-refractivity contribution in [2.75, 3.05) is 19.6 Å². The van der Waals surface area contributed by atoms with Crippen molar-refractivity contribution in [1.82, 2.24) is 4.90 Å². The molecule has 1 nitrogen and oxygen atoms in total. The highest BCUT2D eigenvalue weighted by molar-refractivity contribution is 4.81. The molecule has 78 valence electrons. The summed E-state index contributed by atoms with van der Waals surface area (Å²) in [6, 6.07) is 0. The van der Waals surface area contributed by atoms with E-state index in [-0.39, 0.29) is 0 Å². The molecule has 1 saturated heterocycles. The Morgan fingerprint density at radius 3 is 2.08 bits per heavy atom. The van der Waals surface area contributed by atoms with Gasteiger partial charge >= 0.3 is 0 Å². The lowest BCUT2D eigenvalue weighted by atomic mass is 9.82. The van der Waals surface area contributed by atoms with Gasteiger partial charge in [0.25, 0.3) is 0 Å². The number of alkyl halides is 1. The van der Waals surface area contributed by atoms with Gasteiger partial charge in [-0.15, -0.1) is 0 Å². The van der Waals surface area contributed by atoms with Gasteiger partial charge < -0.3 is 4.90 Å². The first kappa shape index (κ1) is 11.0. The van der Waals surface area contributed by atoms with E-state index >= 15 is 0 Å². The van der Waals surface area contributed by atoms with Gasteiger partial charge in [0.15, 0.2) is 0 Å². The molecule has 0 aromatic heterocycles. The summed E-state index contributed by atoms with van der Waals surface area (Å²) in [6.45, 7) is 10.6. The number of piperidine rings is 1. The van der Waals surface area contributed by atoms with Gasteiger partial charge in [0.05, 0.1) is 0 Å². The van der Waals surface area contributed by atoms with Crippen molar-refractivity contribution in [1.29, 1.82) is 0 Å². The molecule has 0 bridgehead atoms. The largest absolute Gasteiger partial charge is 0.300 e. The topological polar surface area (TPSA) is 3.24 Å². The third-order valence-corrected chi connectivity index (χ3v) is 2.81. The van der Waals surface area contributed by atoms with Gasteiger partial charge in [0.2, 0.25) is 0 Å². The van der Waals surface area contributed by atoms with Crippen molar-refractivity contribution in [2.45, 2.75) is 46.2 Å². The van der Waals surface area contributed by atoms with Crippen LogP contribution in [-0.4, -0.2) is 30.2 Å². The lowest BCUT2D eigenvalue weighted by Gasteiger charge is -2.38. The first-order valence-electron chi connectivity index (χ1n) is 5.20. The van der Waals surface area contributed by atoms with Gasteiger partial charge in [-0.05, 0) is 45.2 Å². The van der Waals surface area contributed by atoms with Gasteiger partial charge in [-0.2, -0.15) is 0 Å². The van der Waals surface area contributed by atoms with E-state index in [0.29, 0.717) is 12.0 Å². The van der Waals surface area contributed by atoms with Crippen molar-refractivity contribution in [2.24, 2.45) is 5.41 Å². The third kappa shape index (κ3) is 4.08. The fraction of sp³-hybridized carbons (Fsp3) is 1.00. The second kappa shape index (κ2) is 3.56. The second-order valence-electron chi connectivity index (χ2n) is 5.66. The lowest BCUT2D eigenvalue weighted by Crippen LogP contribution is -2.43. The minimum Gasteiger partial charge on any atom is -0.300 e. The molecule has 0 saturated carbocycles. The van der Waals surface area contributed by atoms with Crippen LogP contribution in [0, 0.1) is 5.41 Å². The van der Waals surface area contributed by atoms with E-state index in [2.05, 4.69) is 18.7 Å². The van der Waals surface area contributed by atoms with E-state index in [4.69, 9.17) is 0 Å². The van der Waals surface area contributed by atoms with Crippen molar-refractivity contribution in [3.05, 3.63) is 0 Å². The summed E-state index contributed by atoms with van der Waals surface area (Å²) in [6.07, 6.45) is 2.40. The molecule has 1 heterocycles. The van der Waals surface area contributed by atoms with Crippen LogP contribution in [0.4, 0.5) is 4.39 Å². The van der Waals surface area contributed by atoms with Crippen LogP contribution in [0.2, 0.25) is 0 Å². The number of hydrogen-bond donors (Lipinski definition) is 0. The van der Waals surface area contributed by atoms with Crippen LogP contribution in [0.25, 0.3) is 0 Å². The van der Waals surface area contributed by atoms with Crippen molar-refractivity contribution in [3.63, 3.8) is 0 Å². The summed E-state index contributed by atoms with van der Waals surface area (Å²) in [7, 11) is 0. The molecule has 1 aliphatic rings. The van der Waals surface area contributed by atoms with E-state index in [9.17, 15) is 4.39 Å². The Labute approximate surface area is 81.3 Å². The molecule has 1 rings (SSSR count). The number of nitrogens with zero attached hydrogens (tertiary/aromatic N) is 1. The summed E-state index contributed by atoms with van der Waals surface area (Å²) in [4.78, 5) is 2.24. The molecule has 0 spiro atoms. The standard InChI is InChI=1S/C11H22FN/c1-10(2)5-7-13(8-6-10)9-11(3,4)12/h5-9H2,1-4H3. The monoisotopic (exact) mass is 187 g/mol. The first-order chi connectivity index (χ1) is 5.79. The fourth-order valence-electron chi connectivity index (χ4n) is 1.85. The highest BCUT2D eigenvalue weighted by Gasteiger charge is 2.28. The van der Waals surface area contributed by atoms with Gasteiger partial charge in [-0.1, -0.05) is 13.8 Å². The summed E-state index contributed by atoms with van der Waals surface area (Å²) >= 11 is 0. The highest BCUT2D eigenvalue weighted by Crippen LogP contribution is 2.30. The summed E-state index contributed by atoms with van der Waals surface area (Å²) < 4.78 is 13.3. The summed E-state index contributed by atoms with van der Waals surface area (Å²) in [5.74, 6) is 0. The van der Waals surface area contributed by atoms with E-state index in [1.165, 1.54) is 12.8 Å². The Morgan fingerprint density at radius 2 is 1.69 bits per heavy atom. The average Bonchev–Trinajstić information content (AvgIpc) is 1.91. The van der Waals surface area contributed by atoms with E-state index in [1.807, 2.05) is 0 Å². The highest BCUT2D eigenvalue weighted by atomic mass is 19.1. The Morgan fingerprint density at radius 1 is 1.23 bits per heavy atom. The zero-order valence-electron chi connectivity index (χ0n) is 9.36. The number of halogens is 1. The zero-order chi connectivity index (χ0) is 10.1. The van der Waals surface area contributed by atoms with Crippen LogP contribution in [0.3, 0.4) is 0 Å². The molecule has 1 fully saturated rings. The van der Waals surface area contributed by atoms with Crippen LogP contribution < -0.4 is 0 Å².